The summed E-state index contributed by atoms with van der Waals surface area (Å²) in [6.07, 6.45) is 7.15. The molecule has 5 heteroatoms. The maximum absolute atomic E-state index is 11.6. The summed E-state index contributed by atoms with van der Waals surface area (Å²) in [7, 11) is 1.61. The van der Waals surface area contributed by atoms with E-state index >= 15 is 0 Å². The van der Waals surface area contributed by atoms with E-state index in [0.29, 0.717) is 5.69 Å². The molecule has 4 nitrogen and oxygen atoms in total. The molecule has 0 aromatic carbocycles. The molecular formula is C13H18ClN3O. The first-order chi connectivity index (χ1) is 8.65. The number of nitrogens with zero attached hydrogens (tertiary/aromatic N) is 2. The van der Waals surface area contributed by atoms with Gasteiger partial charge in [0.05, 0.1) is 11.9 Å². The van der Waals surface area contributed by atoms with Crippen molar-refractivity contribution < 1.29 is 0 Å². The average Bonchev–Trinajstić information content (AvgIpc) is 2.97. The lowest BCUT2D eigenvalue weighted by Gasteiger charge is -2.22. The van der Waals surface area contributed by atoms with Gasteiger partial charge in [-0.3, -0.25) is 4.79 Å². The van der Waals surface area contributed by atoms with Crippen LogP contribution in [-0.4, -0.2) is 16.3 Å². The van der Waals surface area contributed by atoms with Crippen molar-refractivity contribution >= 4 is 17.3 Å². The normalized spacial score (nSPS) is 29.8. The molecule has 3 rings (SSSR count). The van der Waals surface area contributed by atoms with Crippen molar-refractivity contribution in [2.45, 2.75) is 25.7 Å². The minimum Gasteiger partial charge on any atom is -0.382 e. The van der Waals surface area contributed by atoms with Crippen molar-refractivity contribution in [1.82, 2.24) is 9.78 Å². The third-order valence-corrected chi connectivity index (χ3v) is 4.88. The maximum atomic E-state index is 11.6. The van der Waals surface area contributed by atoms with Gasteiger partial charge in [0.25, 0.3) is 5.56 Å². The highest BCUT2D eigenvalue weighted by atomic mass is 35.5. The van der Waals surface area contributed by atoms with Crippen LogP contribution in [0.3, 0.4) is 0 Å². The summed E-state index contributed by atoms with van der Waals surface area (Å²) in [5, 5.41) is 7.54. The van der Waals surface area contributed by atoms with E-state index in [-0.39, 0.29) is 10.6 Å². The Morgan fingerprint density at radius 3 is 3.00 bits per heavy atom. The largest absolute Gasteiger partial charge is 0.382 e. The highest BCUT2D eigenvalue weighted by molar-refractivity contribution is 6.32. The number of halogens is 1. The molecule has 2 aliphatic carbocycles. The van der Waals surface area contributed by atoms with Gasteiger partial charge in [-0.25, -0.2) is 4.68 Å². The summed E-state index contributed by atoms with van der Waals surface area (Å²) < 4.78 is 1.26. The number of rotatable bonds is 3. The minimum atomic E-state index is -0.241. The van der Waals surface area contributed by atoms with E-state index in [1.54, 1.807) is 13.2 Å². The first-order valence-electron chi connectivity index (χ1n) is 6.61. The smallest absolute Gasteiger partial charge is 0.287 e. The molecule has 2 saturated carbocycles. The van der Waals surface area contributed by atoms with Crippen LogP contribution >= 0.6 is 11.6 Å². The number of aromatic nitrogens is 2. The first-order valence-corrected chi connectivity index (χ1v) is 6.98. The summed E-state index contributed by atoms with van der Waals surface area (Å²) in [6, 6.07) is 0. The van der Waals surface area contributed by atoms with Gasteiger partial charge in [0, 0.05) is 13.6 Å². The van der Waals surface area contributed by atoms with Crippen molar-refractivity contribution in [3.8, 4) is 0 Å². The van der Waals surface area contributed by atoms with Gasteiger partial charge < -0.3 is 5.32 Å². The van der Waals surface area contributed by atoms with Crippen LogP contribution in [0.25, 0.3) is 0 Å². The van der Waals surface area contributed by atoms with E-state index in [0.717, 1.165) is 24.3 Å². The van der Waals surface area contributed by atoms with Gasteiger partial charge >= 0.3 is 0 Å². The van der Waals surface area contributed by atoms with Crippen LogP contribution in [0.15, 0.2) is 11.0 Å². The number of nitrogens with one attached hydrogen (secondary N) is 1. The topological polar surface area (TPSA) is 46.9 Å². The Kier molecular flexibility index (Phi) is 3.06. The van der Waals surface area contributed by atoms with Crippen LogP contribution in [0.5, 0.6) is 0 Å². The summed E-state index contributed by atoms with van der Waals surface area (Å²) >= 11 is 6.03. The molecule has 0 radical (unpaired) electrons. The lowest BCUT2D eigenvalue weighted by molar-refractivity contribution is 0.348. The van der Waals surface area contributed by atoms with Crippen LogP contribution < -0.4 is 10.9 Å². The molecule has 1 N–H and O–H groups in total. The third-order valence-electron chi connectivity index (χ3n) is 4.52. The predicted molar refractivity (Wildman–Crippen MR) is 71.9 cm³/mol. The second-order valence-electron chi connectivity index (χ2n) is 5.62. The van der Waals surface area contributed by atoms with Gasteiger partial charge in [-0.05, 0) is 37.0 Å². The highest BCUT2D eigenvalue weighted by Crippen LogP contribution is 2.48. The molecule has 0 spiro atoms. The maximum Gasteiger partial charge on any atom is 0.287 e. The molecule has 2 bridgehead atoms. The zero-order chi connectivity index (χ0) is 12.7. The Hall–Kier alpha value is -1.03. The Balaban J connectivity index is 1.67. The summed E-state index contributed by atoms with van der Waals surface area (Å²) in [5.74, 6) is 2.56. The minimum absolute atomic E-state index is 0.241. The summed E-state index contributed by atoms with van der Waals surface area (Å²) in [4.78, 5) is 11.6. The van der Waals surface area contributed by atoms with Crippen molar-refractivity contribution in [3.05, 3.63) is 21.6 Å². The quantitative estimate of drug-likeness (QED) is 0.914. The molecular weight excluding hydrogens is 250 g/mol. The number of hydrogen-bond acceptors (Lipinski definition) is 3. The molecule has 0 saturated heterocycles. The molecule has 18 heavy (non-hydrogen) atoms. The molecule has 98 valence electrons. The van der Waals surface area contributed by atoms with Gasteiger partial charge in [-0.15, -0.1) is 0 Å². The second-order valence-corrected chi connectivity index (χ2v) is 5.99. The van der Waals surface area contributed by atoms with Gasteiger partial charge in [-0.2, -0.15) is 5.10 Å². The zero-order valence-corrected chi connectivity index (χ0v) is 11.3. The van der Waals surface area contributed by atoms with Gasteiger partial charge in [0.1, 0.15) is 5.02 Å². The Bertz CT molecular complexity index is 513. The Labute approximate surface area is 111 Å². The first kappa shape index (κ1) is 12.0. The van der Waals surface area contributed by atoms with Gasteiger partial charge in [0.2, 0.25) is 0 Å². The molecule has 1 aromatic heterocycles. The van der Waals surface area contributed by atoms with E-state index in [2.05, 4.69) is 10.4 Å². The number of fused-ring (bicyclic) bond motifs is 2. The molecule has 0 amide bonds. The molecule has 3 unspecified atom stereocenters. The molecule has 1 aromatic rings. The van der Waals surface area contributed by atoms with Crippen molar-refractivity contribution in [2.75, 3.05) is 11.9 Å². The van der Waals surface area contributed by atoms with E-state index in [1.165, 1.54) is 30.4 Å². The fourth-order valence-corrected chi connectivity index (χ4v) is 3.74. The van der Waals surface area contributed by atoms with Crippen molar-refractivity contribution in [1.29, 1.82) is 0 Å². The third kappa shape index (κ3) is 2.03. The lowest BCUT2D eigenvalue weighted by atomic mass is 9.89. The average molecular weight is 268 g/mol. The Morgan fingerprint density at radius 1 is 1.50 bits per heavy atom. The van der Waals surface area contributed by atoms with Crippen LogP contribution in [0.2, 0.25) is 5.02 Å². The molecule has 1 heterocycles. The van der Waals surface area contributed by atoms with Crippen molar-refractivity contribution in [2.24, 2.45) is 24.8 Å². The molecule has 0 aliphatic heterocycles. The second kappa shape index (κ2) is 4.57. The van der Waals surface area contributed by atoms with Gasteiger partial charge in [0.15, 0.2) is 0 Å². The van der Waals surface area contributed by atoms with Crippen LogP contribution in [0.1, 0.15) is 25.7 Å². The number of hydrogen-bond donors (Lipinski definition) is 1. The lowest BCUT2D eigenvalue weighted by Crippen LogP contribution is -2.24. The van der Waals surface area contributed by atoms with E-state index in [1.807, 2.05) is 0 Å². The standard InChI is InChI=1S/C13H18ClN3O/c1-17-13(18)12(14)11(7-16-17)15-6-10-5-8-2-3-9(10)4-8/h7-10,15H,2-6H2,1H3. The van der Waals surface area contributed by atoms with E-state index in [9.17, 15) is 4.79 Å². The fourth-order valence-electron chi connectivity index (χ4n) is 3.50. The summed E-state index contributed by atoms with van der Waals surface area (Å²) in [5.41, 5.74) is 0.428. The van der Waals surface area contributed by atoms with Crippen LogP contribution in [0.4, 0.5) is 5.69 Å². The summed E-state index contributed by atoms with van der Waals surface area (Å²) in [6.45, 7) is 0.912. The number of aryl methyl sites for hydroxylation is 1. The Morgan fingerprint density at radius 2 is 2.33 bits per heavy atom. The van der Waals surface area contributed by atoms with Gasteiger partial charge in [-0.1, -0.05) is 18.0 Å². The van der Waals surface area contributed by atoms with Crippen LogP contribution in [0, 0.1) is 17.8 Å². The van der Waals surface area contributed by atoms with E-state index < -0.39 is 0 Å². The SMILES string of the molecule is Cn1ncc(NCC2CC3CCC2C3)c(Cl)c1=O. The number of anilines is 1. The highest BCUT2D eigenvalue weighted by Gasteiger charge is 2.39. The van der Waals surface area contributed by atoms with Crippen molar-refractivity contribution in [3.63, 3.8) is 0 Å². The molecule has 2 fully saturated rings. The monoisotopic (exact) mass is 267 g/mol. The fraction of sp³-hybridized carbons (Fsp3) is 0.692. The van der Waals surface area contributed by atoms with E-state index in [4.69, 9.17) is 11.6 Å². The van der Waals surface area contributed by atoms with Crippen LogP contribution in [-0.2, 0) is 7.05 Å². The molecule has 3 atom stereocenters. The molecule has 2 aliphatic rings. The predicted octanol–water partition coefficient (Wildman–Crippen LogP) is 2.28. The zero-order valence-electron chi connectivity index (χ0n) is 10.5.